The molecule has 0 spiro atoms. The van der Waals surface area contributed by atoms with E-state index in [1.807, 2.05) is 0 Å². The predicted molar refractivity (Wildman–Crippen MR) is 111 cm³/mol. The van der Waals surface area contributed by atoms with Crippen LogP contribution in [-0.2, 0) is 32.7 Å². The molecular formula is C20H25N5O3S. The molecule has 2 aliphatic carbocycles. The van der Waals surface area contributed by atoms with Crippen molar-refractivity contribution in [3.63, 3.8) is 0 Å². The van der Waals surface area contributed by atoms with E-state index < -0.39 is 0 Å². The van der Waals surface area contributed by atoms with Gasteiger partial charge in [0.25, 0.3) is 5.91 Å². The highest BCUT2D eigenvalue weighted by Gasteiger charge is 2.25. The number of carbonyl (C=O) groups is 2. The summed E-state index contributed by atoms with van der Waals surface area (Å²) >= 11 is 1.07. The smallest absolute Gasteiger partial charge is 0.329 e. The maximum atomic E-state index is 12.6. The molecule has 3 amide bonds. The number of benzene rings is 1. The molecule has 154 valence electrons. The Morgan fingerprint density at radius 3 is 2.48 bits per heavy atom. The maximum Gasteiger partial charge on any atom is 0.329 e. The zero-order valence-corrected chi connectivity index (χ0v) is 17.2. The van der Waals surface area contributed by atoms with Crippen molar-refractivity contribution in [1.82, 2.24) is 19.8 Å². The lowest BCUT2D eigenvalue weighted by atomic mass is 9.99. The number of nitrogens with zero attached hydrogens (tertiary/aromatic N) is 2. The fourth-order valence-electron chi connectivity index (χ4n) is 4.17. The number of nitrogens with one attached hydrogen (secondary N) is 3. The first-order chi connectivity index (χ1) is 14.1. The number of fused-ring (bicyclic) bond motifs is 2. The number of carbonyl (C=O) groups excluding carboxylic acids is 2. The molecule has 4 N–H and O–H groups in total. The van der Waals surface area contributed by atoms with Crippen LogP contribution in [0.25, 0.3) is 0 Å². The Hall–Kier alpha value is -2.52. The van der Waals surface area contributed by atoms with Gasteiger partial charge in [-0.1, -0.05) is 6.07 Å². The fourth-order valence-corrected chi connectivity index (χ4v) is 4.75. The molecular weight excluding hydrogens is 390 g/mol. The first-order valence-corrected chi connectivity index (χ1v) is 10.7. The van der Waals surface area contributed by atoms with Gasteiger partial charge in [0.05, 0.1) is 6.61 Å². The summed E-state index contributed by atoms with van der Waals surface area (Å²) in [6, 6.07) is 3.65. The molecule has 1 aromatic carbocycles. The summed E-state index contributed by atoms with van der Waals surface area (Å²) in [7, 11) is 1.66. The van der Waals surface area contributed by atoms with E-state index in [9.17, 15) is 9.59 Å². The quantitative estimate of drug-likeness (QED) is 0.540. The van der Waals surface area contributed by atoms with Crippen molar-refractivity contribution in [1.29, 1.82) is 0 Å². The normalized spacial score (nSPS) is 14.4. The molecule has 8 nitrogen and oxygen atoms in total. The van der Waals surface area contributed by atoms with Crippen LogP contribution in [0.15, 0.2) is 17.2 Å². The third kappa shape index (κ3) is 4.11. The lowest BCUT2D eigenvalue weighted by molar-refractivity contribution is 0.0935. The summed E-state index contributed by atoms with van der Waals surface area (Å²) in [5.41, 5.74) is 6.67. The van der Waals surface area contributed by atoms with Crippen LogP contribution in [0.5, 0.6) is 0 Å². The van der Waals surface area contributed by atoms with Crippen molar-refractivity contribution in [2.75, 3.05) is 18.5 Å². The molecule has 0 atom stereocenters. The summed E-state index contributed by atoms with van der Waals surface area (Å²) in [4.78, 5) is 24.6. The van der Waals surface area contributed by atoms with Crippen molar-refractivity contribution in [3.8, 4) is 0 Å². The highest BCUT2D eigenvalue weighted by atomic mass is 32.2. The van der Waals surface area contributed by atoms with Crippen LogP contribution in [0.3, 0.4) is 0 Å². The van der Waals surface area contributed by atoms with Crippen LogP contribution in [0.1, 0.15) is 45.6 Å². The third-order valence-corrected chi connectivity index (χ3v) is 6.14. The third-order valence-electron chi connectivity index (χ3n) is 5.45. The molecule has 0 saturated heterocycles. The summed E-state index contributed by atoms with van der Waals surface area (Å²) in [5, 5.41) is 19.2. The molecule has 29 heavy (non-hydrogen) atoms. The van der Waals surface area contributed by atoms with Gasteiger partial charge >= 0.3 is 6.03 Å². The van der Waals surface area contributed by atoms with E-state index in [-0.39, 0.29) is 25.1 Å². The molecule has 9 heteroatoms. The molecule has 4 rings (SSSR count). The molecule has 0 radical (unpaired) electrons. The van der Waals surface area contributed by atoms with E-state index in [4.69, 9.17) is 5.11 Å². The van der Waals surface area contributed by atoms with E-state index in [1.54, 1.807) is 13.1 Å². The summed E-state index contributed by atoms with van der Waals surface area (Å²) in [5.74, 6) is -0.319. The number of rotatable bonds is 6. The van der Waals surface area contributed by atoms with Gasteiger partial charge in [-0.3, -0.25) is 14.2 Å². The van der Waals surface area contributed by atoms with Crippen LogP contribution < -0.4 is 15.4 Å². The molecule has 0 unspecified atom stereocenters. The number of hydrogen-bond acceptors (Lipinski definition) is 5. The van der Waals surface area contributed by atoms with Crippen molar-refractivity contribution >= 4 is 29.6 Å². The van der Waals surface area contributed by atoms with Gasteiger partial charge in [0.15, 0.2) is 0 Å². The molecule has 1 heterocycles. The highest BCUT2D eigenvalue weighted by Crippen LogP contribution is 2.38. The van der Waals surface area contributed by atoms with E-state index in [0.29, 0.717) is 10.7 Å². The number of amides is 3. The topological polar surface area (TPSA) is 108 Å². The van der Waals surface area contributed by atoms with Crippen molar-refractivity contribution in [2.24, 2.45) is 7.05 Å². The Bertz CT molecular complexity index is 924. The second-order valence-electron chi connectivity index (χ2n) is 7.36. The number of anilines is 1. The minimum absolute atomic E-state index is 0.125. The van der Waals surface area contributed by atoms with E-state index >= 15 is 0 Å². The van der Waals surface area contributed by atoms with Gasteiger partial charge in [0.1, 0.15) is 10.7 Å². The number of aliphatic hydroxyl groups is 1. The number of urea groups is 1. The van der Waals surface area contributed by atoms with Gasteiger partial charge in [0, 0.05) is 37.3 Å². The summed E-state index contributed by atoms with van der Waals surface area (Å²) in [6.07, 6.45) is 6.47. The van der Waals surface area contributed by atoms with Gasteiger partial charge in [-0.25, -0.2) is 4.79 Å². The van der Waals surface area contributed by atoms with E-state index in [2.05, 4.69) is 26.5 Å². The van der Waals surface area contributed by atoms with E-state index in [1.165, 1.54) is 26.9 Å². The molecule has 2 aromatic rings. The van der Waals surface area contributed by atoms with Crippen LogP contribution in [0, 0.1) is 0 Å². The Morgan fingerprint density at radius 1 is 1.14 bits per heavy atom. The molecule has 0 saturated carbocycles. The molecule has 1 aromatic heterocycles. The fraction of sp³-hybridized carbons (Fsp3) is 0.450. The van der Waals surface area contributed by atoms with Gasteiger partial charge in [-0.05, 0) is 60.8 Å². The van der Waals surface area contributed by atoms with E-state index in [0.717, 1.165) is 56.2 Å². The lowest BCUT2D eigenvalue weighted by Crippen LogP contribution is -2.28. The van der Waals surface area contributed by atoms with Crippen LogP contribution in [0.4, 0.5) is 10.5 Å². The maximum absolute atomic E-state index is 12.6. The van der Waals surface area contributed by atoms with Gasteiger partial charge < -0.3 is 15.7 Å². The standard InChI is InChI=1S/C20H25N5O3S/c1-25-16(19(27)21-8-9-26)11-17(23-25)29-24-20(28)22-18-14-6-2-4-12(14)10-13-5-3-7-15(13)18/h10-11,26H,2-9H2,1H3,(H,21,27)(H2,22,24,28). The summed E-state index contributed by atoms with van der Waals surface area (Å²) in [6.45, 7) is 0.0542. The molecule has 2 aliphatic rings. The second-order valence-corrected chi connectivity index (χ2v) is 8.19. The Balaban J connectivity index is 1.41. The monoisotopic (exact) mass is 415 g/mol. The molecule has 0 aliphatic heterocycles. The Labute approximate surface area is 173 Å². The van der Waals surface area contributed by atoms with Crippen molar-refractivity contribution < 1.29 is 14.7 Å². The average molecular weight is 416 g/mol. The zero-order valence-electron chi connectivity index (χ0n) is 16.4. The minimum atomic E-state index is -0.319. The first-order valence-electron chi connectivity index (χ1n) is 9.90. The first kappa shape index (κ1) is 19.8. The lowest BCUT2D eigenvalue weighted by Gasteiger charge is -2.16. The number of aliphatic hydroxyl groups excluding tert-OH is 1. The molecule has 0 fully saturated rings. The highest BCUT2D eigenvalue weighted by molar-refractivity contribution is 7.97. The van der Waals surface area contributed by atoms with Gasteiger partial charge in [-0.15, -0.1) is 0 Å². The van der Waals surface area contributed by atoms with Gasteiger partial charge in [0.2, 0.25) is 0 Å². The average Bonchev–Trinajstić information content (AvgIpc) is 3.43. The van der Waals surface area contributed by atoms with Crippen molar-refractivity contribution in [2.45, 2.75) is 43.6 Å². The number of hydrogen-bond donors (Lipinski definition) is 4. The second kappa shape index (κ2) is 8.46. The van der Waals surface area contributed by atoms with Crippen LogP contribution >= 0.6 is 11.9 Å². The van der Waals surface area contributed by atoms with Crippen LogP contribution in [0.2, 0.25) is 0 Å². The Kier molecular flexibility index (Phi) is 5.77. The van der Waals surface area contributed by atoms with Crippen molar-refractivity contribution in [3.05, 3.63) is 40.1 Å². The van der Waals surface area contributed by atoms with Crippen LogP contribution in [-0.4, -0.2) is 40.0 Å². The van der Waals surface area contributed by atoms with Gasteiger partial charge in [-0.2, -0.15) is 5.10 Å². The predicted octanol–water partition coefficient (Wildman–Crippen LogP) is 1.95. The number of aromatic nitrogens is 2. The number of aryl methyl sites for hydroxylation is 3. The largest absolute Gasteiger partial charge is 0.395 e. The molecule has 0 bridgehead atoms. The minimum Gasteiger partial charge on any atom is -0.395 e. The SMILES string of the molecule is Cn1nc(SNC(=O)Nc2c3c(cc4c2CCC4)CCC3)cc1C(=O)NCCO. The Morgan fingerprint density at radius 2 is 1.83 bits per heavy atom. The zero-order chi connectivity index (χ0) is 20.4. The summed E-state index contributed by atoms with van der Waals surface area (Å²) < 4.78 is 4.22.